The molecule has 4 nitrogen and oxygen atoms in total. The molecule has 1 N–H and O–H groups in total. The fraction of sp³-hybridized carbons (Fsp3) is 0.143. The van der Waals surface area contributed by atoms with Gasteiger partial charge in [-0.1, -0.05) is 24.3 Å². The third kappa shape index (κ3) is 1.67. The van der Waals surface area contributed by atoms with E-state index in [1.165, 1.54) is 0 Å². The first-order valence-corrected chi connectivity index (χ1v) is 5.74. The lowest BCUT2D eigenvalue weighted by atomic mass is 10.0. The van der Waals surface area contributed by atoms with Crippen molar-refractivity contribution >= 4 is 10.8 Å². The molecule has 1 aromatic carbocycles. The Kier molecular flexibility index (Phi) is 2.57. The van der Waals surface area contributed by atoms with Gasteiger partial charge in [0, 0.05) is 30.4 Å². The highest BCUT2D eigenvalue weighted by Crippen LogP contribution is 2.27. The Hall–Kier alpha value is -2.20. The summed E-state index contributed by atoms with van der Waals surface area (Å²) in [5.41, 5.74) is 1.56. The lowest BCUT2D eigenvalue weighted by Gasteiger charge is -2.13. The van der Waals surface area contributed by atoms with E-state index in [1.807, 2.05) is 35.9 Å². The summed E-state index contributed by atoms with van der Waals surface area (Å²) in [7, 11) is 1.87. The second kappa shape index (κ2) is 4.23. The minimum atomic E-state index is -0.712. The van der Waals surface area contributed by atoms with Crippen LogP contribution in [0.25, 0.3) is 10.8 Å². The molecule has 3 rings (SSSR count). The maximum absolute atomic E-state index is 10.5. The smallest absolute Gasteiger partial charge is 0.123 e. The number of hydrogen-bond acceptors (Lipinski definition) is 3. The highest BCUT2D eigenvalue weighted by molar-refractivity contribution is 5.85. The first kappa shape index (κ1) is 10.9. The van der Waals surface area contributed by atoms with Crippen molar-refractivity contribution in [3.8, 4) is 0 Å². The Morgan fingerprint density at radius 3 is 2.72 bits per heavy atom. The summed E-state index contributed by atoms with van der Waals surface area (Å²) in [5.74, 6) is 0. The molecule has 90 valence electrons. The zero-order valence-corrected chi connectivity index (χ0v) is 9.99. The average Bonchev–Trinajstić information content (AvgIpc) is 2.83. The molecule has 18 heavy (non-hydrogen) atoms. The maximum Gasteiger partial charge on any atom is 0.123 e. The van der Waals surface area contributed by atoms with Crippen molar-refractivity contribution in [2.45, 2.75) is 6.10 Å². The zero-order valence-electron chi connectivity index (χ0n) is 9.99. The number of aromatic nitrogens is 3. The van der Waals surface area contributed by atoms with Crippen molar-refractivity contribution in [2.75, 3.05) is 0 Å². The van der Waals surface area contributed by atoms with Gasteiger partial charge < -0.3 is 9.67 Å². The molecular formula is C14H13N3O. The number of aryl methyl sites for hydroxylation is 1. The Labute approximate surface area is 105 Å². The zero-order chi connectivity index (χ0) is 12.5. The van der Waals surface area contributed by atoms with Crippen molar-refractivity contribution in [1.29, 1.82) is 0 Å². The van der Waals surface area contributed by atoms with Crippen molar-refractivity contribution < 1.29 is 5.11 Å². The van der Waals surface area contributed by atoms with Crippen molar-refractivity contribution in [2.24, 2.45) is 7.05 Å². The molecule has 0 saturated carbocycles. The van der Waals surface area contributed by atoms with Gasteiger partial charge in [-0.15, -0.1) is 0 Å². The van der Waals surface area contributed by atoms with E-state index in [0.29, 0.717) is 0 Å². The number of nitrogens with zero attached hydrogens (tertiary/aromatic N) is 3. The van der Waals surface area contributed by atoms with Crippen LogP contribution in [-0.4, -0.2) is 19.6 Å². The molecular weight excluding hydrogens is 226 g/mol. The molecule has 4 heteroatoms. The Bertz CT molecular complexity index is 685. The van der Waals surface area contributed by atoms with Crippen LogP contribution in [0.5, 0.6) is 0 Å². The number of rotatable bonds is 2. The first-order valence-electron chi connectivity index (χ1n) is 5.74. The number of benzene rings is 1. The van der Waals surface area contributed by atoms with Gasteiger partial charge in [0.2, 0.25) is 0 Å². The predicted octanol–water partition coefficient (Wildman–Crippen LogP) is 2.05. The molecule has 0 aliphatic rings. The fourth-order valence-corrected chi connectivity index (χ4v) is 2.15. The molecule has 0 aliphatic heterocycles. The van der Waals surface area contributed by atoms with Gasteiger partial charge in [0.05, 0.1) is 18.2 Å². The van der Waals surface area contributed by atoms with Crippen LogP contribution < -0.4 is 0 Å². The lowest BCUT2D eigenvalue weighted by Crippen LogP contribution is -2.06. The van der Waals surface area contributed by atoms with Crippen LogP contribution in [0.3, 0.4) is 0 Å². The topological polar surface area (TPSA) is 50.9 Å². The summed E-state index contributed by atoms with van der Waals surface area (Å²) >= 11 is 0. The van der Waals surface area contributed by atoms with E-state index < -0.39 is 6.10 Å². The maximum atomic E-state index is 10.5. The van der Waals surface area contributed by atoms with Gasteiger partial charge >= 0.3 is 0 Å². The van der Waals surface area contributed by atoms with Gasteiger partial charge in [0.15, 0.2) is 0 Å². The van der Waals surface area contributed by atoms with E-state index in [2.05, 4.69) is 9.97 Å². The van der Waals surface area contributed by atoms with E-state index in [-0.39, 0.29) is 0 Å². The van der Waals surface area contributed by atoms with Gasteiger partial charge in [-0.3, -0.25) is 4.98 Å². The Morgan fingerprint density at radius 1 is 1.11 bits per heavy atom. The minimum absolute atomic E-state index is 0.712. The molecule has 0 fully saturated rings. The van der Waals surface area contributed by atoms with Crippen LogP contribution in [0, 0.1) is 0 Å². The second-order valence-electron chi connectivity index (χ2n) is 4.28. The van der Waals surface area contributed by atoms with E-state index >= 15 is 0 Å². The second-order valence-corrected chi connectivity index (χ2v) is 4.28. The number of hydrogen-bond donors (Lipinski definition) is 1. The van der Waals surface area contributed by atoms with E-state index in [4.69, 9.17) is 0 Å². The van der Waals surface area contributed by atoms with Gasteiger partial charge in [-0.25, -0.2) is 4.98 Å². The van der Waals surface area contributed by atoms with Gasteiger partial charge in [0.1, 0.15) is 6.10 Å². The molecule has 1 unspecified atom stereocenters. The molecule has 0 spiro atoms. The highest BCUT2D eigenvalue weighted by atomic mass is 16.3. The van der Waals surface area contributed by atoms with E-state index in [9.17, 15) is 5.11 Å². The third-order valence-electron chi connectivity index (χ3n) is 3.13. The molecule has 0 bridgehead atoms. The van der Waals surface area contributed by atoms with E-state index in [1.54, 1.807) is 24.9 Å². The minimum Gasteiger partial charge on any atom is -0.382 e. The number of fused-ring (bicyclic) bond motifs is 1. The Morgan fingerprint density at radius 2 is 1.94 bits per heavy atom. The number of aliphatic hydroxyl groups is 1. The normalized spacial score (nSPS) is 12.8. The van der Waals surface area contributed by atoms with Crippen molar-refractivity contribution in [3.63, 3.8) is 0 Å². The summed E-state index contributed by atoms with van der Waals surface area (Å²) in [5, 5.41) is 12.5. The van der Waals surface area contributed by atoms with Crippen LogP contribution in [0.2, 0.25) is 0 Å². The predicted molar refractivity (Wildman–Crippen MR) is 69.0 cm³/mol. The summed E-state index contributed by atoms with van der Waals surface area (Å²) < 4.78 is 1.81. The molecule has 2 aromatic heterocycles. The van der Waals surface area contributed by atoms with Gasteiger partial charge in [-0.05, 0) is 5.39 Å². The van der Waals surface area contributed by atoms with Crippen LogP contribution in [-0.2, 0) is 7.05 Å². The fourth-order valence-electron chi connectivity index (χ4n) is 2.15. The molecule has 1 atom stereocenters. The molecule has 2 heterocycles. The highest BCUT2D eigenvalue weighted by Gasteiger charge is 2.16. The monoisotopic (exact) mass is 239 g/mol. The molecule has 0 amide bonds. The SMILES string of the molecule is Cn1cncc1C(O)c1cncc2ccccc12. The quantitative estimate of drug-likeness (QED) is 0.744. The first-order chi connectivity index (χ1) is 8.77. The standard InChI is InChI=1S/C14H13N3O/c1-17-9-16-8-13(17)14(18)12-7-15-6-10-4-2-3-5-11(10)12/h2-9,14,18H,1H3. The number of imidazole rings is 1. The summed E-state index contributed by atoms with van der Waals surface area (Å²) in [6, 6.07) is 7.90. The van der Waals surface area contributed by atoms with Crippen LogP contribution >= 0.6 is 0 Å². The third-order valence-corrected chi connectivity index (χ3v) is 3.13. The van der Waals surface area contributed by atoms with Gasteiger partial charge in [0.25, 0.3) is 0 Å². The van der Waals surface area contributed by atoms with Crippen LogP contribution in [0.15, 0.2) is 49.2 Å². The number of aliphatic hydroxyl groups excluding tert-OH is 1. The summed E-state index contributed by atoms with van der Waals surface area (Å²) in [6.45, 7) is 0. The molecule has 0 saturated heterocycles. The molecule has 0 aliphatic carbocycles. The summed E-state index contributed by atoms with van der Waals surface area (Å²) in [6.07, 6.45) is 6.15. The van der Waals surface area contributed by atoms with Crippen LogP contribution in [0.4, 0.5) is 0 Å². The van der Waals surface area contributed by atoms with E-state index in [0.717, 1.165) is 22.0 Å². The molecule has 3 aromatic rings. The van der Waals surface area contributed by atoms with Crippen LogP contribution in [0.1, 0.15) is 17.4 Å². The average molecular weight is 239 g/mol. The van der Waals surface area contributed by atoms with Crippen molar-refractivity contribution in [1.82, 2.24) is 14.5 Å². The largest absolute Gasteiger partial charge is 0.382 e. The number of pyridine rings is 1. The summed E-state index contributed by atoms with van der Waals surface area (Å²) in [4.78, 5) is 8.21. The van der Waals surface area contributed by atoms with Gasteiger partial charge in [-0.2, -0.15) is 0 Å². The Balaban J connectivity index is 2.18. The molecule has 0 radical (unpaired) electrons. The van der Waals surface area contributed by atoms with Crippen molar-refractivity contribution in [3.05, 3.63) is 60.4 Å². The lowest BCUT2D eigenvalue weighted by molar-refractivity contribution is 0.212.